The van der Waals surface area contributed by atoms with Gasteiger partial charge >= 0.3 is 6.09 Å². The smallest absolute Gasteiger partial charge is 0.410 e. The second-order valence-corrected chi connectivity index (χ2v) is 13.1. The molecular formula is C30H47N3O2. The van der Waals surface area contributed by atoms with Crippen molar-refractivity contribution in [2.75, 3.05) is 32.7 Å². The summed E-state index contributed by atoms with van der Waals surface area (Å²) in [6.07, 6.45) is 8.87. The minimum Gasteiger partial charge on any atom is -0.444 e. The lowest BCUT2D eigenvalue weighted by molar-refractivity contribution is -0.0851. The molecule has 2 saturated heterocycles. The third-order valence-corrected chi connectivity index (χ3v) is 9.30. The molecule has 35 heavy (non-hydrogen) atoms. The Morgan fingerprint density at radius 3 is 2.29 bits per heavy atom. The zero-order valence-corrected chi connectivity index (χ0v) is 22.8. The minimum atomic E-state index is -0.420. The topological polar surface area (TPSA) is 36.0 Å². The average molecular weight is 482 g/mol. The van der Waals surface area contributed by atoms with Gasteiger partial charge in [-0.2, -0.15) is 0 Å². The Bertz CT molecular complexity index is 887. The van der Waals surface area contributed by atoms with Crippen molar-refractivity contribution in [2.24, 2.45) is 5.41 Å². The summed E-state index contributed by atoms with van der Waals surface area (Å²) in [5, 5.41) is 0. The van der Waals surface area contributed by atoms with E-state index in [0.29, 0.717) is 23.4 Å². The van der Waals surface area contributed by atoms with E-state index in [1.54, 1.807) is 5.56 Å². The Kier molecular flexibility index (Phi) is 6.95. The maximum absolute atomic E-state index is 12.5. The first-order valence-electron chi connectivity index (χ1n) is 14.2. The molecule has 4 aliphatic rings. The molecule has 1 spiro atoms. The highest BCUT2D eigenvalue weighted by atomic mass is 16.6. The molecule has 1 aromatic carbocycles. The lowest BCUT2D eigenvalue weighted by Gasteiger charge is -2.59. The number of benzene rings is 1. The Morgan fingerprint density at radius 1 is 1.00 bits per heavy atom. The van der Waals surface area contributed by atoms with Crippen LogP contribution in [0.4, 0.5) is 4.79 Å². The summed E-state index contributed by atoms with van der Waals surface area (Å²) in [4.78, 5) is 20.1. The van der Waals surface area contributed by atoms with Gasteiger partial charge in [-0.15, -0.1) is 0 Å². The lowest BCUT2D eigenvalue weighted by atomic mass is 9.59. The zero-order chi connectivity index (χ0) is 24.8. The van der Waals surface area contributed by atoms with E-state index < -0.39 is 5.60 Å². The highest BCUT2D eigenvalue weighted by Gasteiger charge is 2.51. The Hall–Kier alpha value is -1.59. The molecule has 1 atom stereocenters. The van der Waals surface area contributed by atoms with Crippen LogP contribution in [0.3, 0.4) is 0 Å². The number of piperazine rings is 1. The number of carbonyl (C=O) groups is 1. The number of rotatable bonds is 4. The van der Waals surface area contributed by atoms with Crippen LogP contribution in [0.5, 0.6) is 0 Å². The van der Waals surface area contributed by atoms with Crippen molar-refractivity contribution in [3.05, 3.63) is 35.4 Å². The van der Waals surface area contributed by atoms with Gasteiger partial charge in [-0.25, -0.2) is 4.79 Å². The summed E-state index contributed by atoms with van der Waals surface area (Å²) in [5.41, 5.74) is 3.09. The van der Waals surface area contributed by atoms with Gasteiger partial charge in [0.1, 0.15) is 5.60 Å². The van der Waals surface area contributed by atoms with Crippen molar-refractivity contribution >= 4 is 6.09 Å². The SMILES string of the molecule is CC(C)c1ccccc1C1CN(C2CCC2)CCN1C1CC2(CCN(C(=O)OC(C)(C)C)CC2)C1. The monoisotopic (exact) mass is 481 g/mol. The Morgan fingerprint density at radius 2 is 1.69 bits per heavy atom. The minimum absolute atomic E-state index is 0.138. The standard InChI is InChI=1S/C30H47N3O2/c1-22(2)25-11-6-7-12-26(25)27-21-32(23-9-8-10-23)17-18-33(27)24-19-30(20-24)13-15-31(16-14-30)28(34)35-29(3,4)5/h6-7,11-12,22-24,27H,8-10,13-21H2,1-5H3. The maximum atomic E-state index is 12.5. The number of nitrogens with zero attached hydrogens (tertiary/aromatic N) is 3. The van der Waals surface area contributed by atoms with Gasteiger partial charge in [0.15, 0.2) is 0 Å². The quantitative estimate of drug-likeness (QED) is 0.513. The van der Waals surface area contributed by atoms with Crippen LogP contribution in [0.1, 0.15) is 103 Å². The molecule has 5 rings (SSSR count). The number of hydrogen-bond acceptors (Lipinski definition) is 4. The summed E-state index contributed by atoms with van der Waals surface area (Å²) >= 11 is 0. The van der Waals surface area contributed by atoms with Gasteiger partial charge in [-0.05, 0) is 81.8 Å². The molecular weight excluding hydrogens is 434 g/mol. The van der Waals surface area contributed by atoms with E-state index in [1.807, 2.05) is 25.7 Å². The second-order valence-electron chi connectivity index (χ2n) is 13.1. The van der Waals surface area contributed by atoms with Crippen molar-refractivity contribution in [1.82, 2.24) is 14.7 Å². The molecule has 0 N–H and O–H groups in total. The van der Waals surface area contributed by atoms with Crippen molar-refractivity contribution in [1.29, 1.82) is 0 Å². The van der Waals surface area contributed by atoms with E-state index in [2.05, 4.69) is 47.9 Å². The molecule has 5 nitrogen and oxygen atoms in total. The molecule has 2 saturated carbocycles. The first-order valence-corrected chi connectivity index (χ1v) is 14.2. The van der Waals surface area contributed by atoms with Crippen molar-refractivity contribution in [2.45, 2.75) is 109 Å². The number of piperidine rings is 1. The number of ether oxygens (including phenoxy) is 1. The van der Waals surface area contributed by atoms with Crippen LogP contribution in [-0.2, 0) is 4.74 Å². The van der Waals surface area contributed by atoms with Crippen LogP contribution in [0, 0.1) is 5.41 Å². The highest BCUT2D eigenvalue weighted by molar-refractivity contribution is 5.68. The van der Waals surface area contributed by atoms with Crippen LogP contribution in [-0.4, -0.2) is 71.2 Å². The van der Waals surface area contributed by atoms with Gasteiger partial charge in [0.2, 0.25) is 0 Å². The van der Waals surface area contributed by atoms with Crippen molar-refractivity contribution in [3.63, 3.8) is 0 Å². The third-order valence-electron chi connectivity index (χ3n) is 9.30. The van der Waals surface area contributed by atoms with Crippen molar-refractivity contribution in [3.8, 4) is 0 Å². The molecule has 2 heterocycles. The summed E-state index contributed by atoms with van der Waals surface area (Å²) < 4.78 is 5.62. The first-order chi connectivity index (χ1) is 16.6. The first kappa shape index (κ1) is 25.1. The predicted octanol–water partition coefficient (Wildman–Crippen LogP) is 6.20. The van der Waals surface area contributed by atoms with Crippen LogP contribution >= 0.6 is 0 Å². The van der Waals surface area contributed by atoms with E-state index >= 15 is 0 Å². The molecule has 4 fully saturated rings. The molecule has 194 valence electrons. The van der Waals surface area contributed by atoms with Crippen LogP contribution in [0.2, 0.25) is 0 Å². The fourth-order valence-corrected chi connectivity index (χ4v) is 7.03. The van der Waals surface area contributed by atoms with Gasteiger partial charge in [0, 0.05) is 50.8 Å². The summed E-state index contributed by atoms with van der Waals surface area (Å²) in [5.74, 6) is 0.553. The molecule has 0 aromatic heterocycles. The van der Waals surface area contributed by atoms with E-state index in [4.69, 9.17) is 4.74 Å². The largest absolute Gasteiger partial charge is 0.444 e. The number of amides is 1. The maximum Gasteiger partial charge on any atom is 0.410 e. The highest BCUT2D eigenvalue weighted by Crippen LogP contribution is 2.53. The molecule has 0 bridgehead atoms. The molecule has 2 aliphatic heterocycles. The molecule has 5 heteroatoms. The number of carbonyl (C=O) groups excluding carboxylic acids is 1. The fourth-order valence-electron chi connectivity index (χ4n) is 7.03. The van der Waals surface area contributed by atoms with E-state index in [1.165, 1.54) is 57.3 Å². The molecule has 1 unspecified atom stereocenters. The van der Waals surface area contributed by atoms with Crippen LogP contribution in [0.15, 0.2) is 24.3 Å². The van der Waals surface area contributed by atoms with Gasteiger partial charge in [-0.1, -0.05) is 44.5 Å². The Balaban J connectivity index is 1.25. The summed E-state index contributed by atoms with van der Waals surface area (Å²) in [6, 6.07) is 11.2. The normalized spacial score (nSPS) is 26.6. The van der Waals surface area contributed by atoms with E-state index in [0.717, 1.165) is 32.0 Å². The van der Waals surface area contributed by atoms with E-state index in [-0.39, 0.29) is 6.09 Å². The molecule has 2 aliphatic carbocycles. The van der Waals surface area contributed by atoms with Gasteiger partial charge in [0.25, 0.3) is 0 Å². The van der Waals surface area contributed by atoms with Gasteiger partial charge in [0.05, 0.1) is 0 Å². The number of hydrogen-bond donors (Lipinski definition) is 0. The van der Waals surface area contributed by atoms with Crippen LogP contribution in [0.25, 0.3) is 0 Å². The second kappa shape index (κ2) is 9.70. The van der Waals surface area contributed by atoms with Crippen LogP contribution < -0.4 is 0 Å². The predicted molar refractivity (Wildman–Crippen MR) is 142 cm³/mol. The van der Waals surface area contributed by atoms with Gasteiger partial charge < -0.3 is 9.64 Å². The zero-order valence-electron chi connectivity index (χ0n) is 22.8. The van der Waals surface area contributed by atoms with Gasteiger partial charge in [-0.3, -0.25) is 9.80 Å². The average Bonchev–Trinajstić information content (AvgIpc) is 2.75. The summed E-state index contributed by atoms with van der Waals surface area (Å²) in [7, 11) is 0. The summed E-state index contributed by atoms with van der Waals surface area (Å²) in [6.45, 7) is 15.8. The molecule has 1 aromatic rings. The lowest BCUT2D eigenvalue weighted by Crippen LogP contribution is -2.61. The fraction of sp³-hybridized carbons (Fsp3) is 0.767. The van der Waals surface area contributed by atoms with Crippen molar-refractivity contribution < 1.29 is 9.53 Å². The third kappa shape index (κ3) is 5.27. The molecule has 0 radical (unpaired) electrons. The Labute approximate surface area is 213 Å². The van der Waals surface area contributed by atoms with E-state index in [9.17, 15) is 4.79 Å². The number of likely N-dealkylation sites (tertiary alicyclic amines) is 1. The molecule has 1 amide bonds.